The van der Waals surface area contributed by atoms with Crippen molar-refractivity contribution in [3.63, 3.8) is 0 Å². The smallest absolute Gasteiger partial charge is 0.328 e. The number of thiol groups is 1. The SMILES string of the molecule is CC(C)C[C@H](NC(=O)[C@H](C)N)C(=O)N[C@@H](CO)C(=O)N[C@@H](C)C(=O)N[C@@H](CS)C(=O)NCC(=O)NCC(=O)NCC(=O)NCC(=O)NCC(=O)NCC(=O)N[C@@H](CO)C(=O)N1CCC[C@H]1C(=O)N[C@@H](CC(=O)O)C(=O)N[C@H](C(=O)N[C@@H](CCCCN)C(=O)N[C@@H](CO)C(=O)N[C@@H](C)C(=O)N[C@@H](CC(=O)O)C(=O)N[C@H](C(=O)O)[C@@H](C)O)C(C)C. The number of aliphatic hydroxyl groups is 4. The van der Waals surface area contributed by atoms with Crippen LogP contribution in [0.15, 0.2) is 0 Å². The molecule has 15 atom stereocenters. The summed E-state index contributed by atoms with van der Waals surface area (Å²) >= 11 is 4.04. The molecule has 1 heterocycles. The Hall–Kier alpha value is -11.5. The van der Waals surface area contributed by atoms with Gasteiger partial charge in [-0.1, -0.05) is 27.7 Å². The van der Waals surface area contributed by atoms with E-state index in [-0.39, 0.29) is 63.3 Å². The molecule has 118 heavy (non-hydrogen) atoms. The highest BCUT2D eigenvalue weighted by molar-refractivity contribution is 7.80. The number of carbonyl (C=O) groups excluding carboxylic acids is 19. The van der Waals surface area contributed by atoms with Gasteiger partial charge in [0.25, 0.3) is 0 Å². The number of nitrogens with two attached hydrogens (primary N) is 2. The number of unbranched alkanes of at least 4 members (excludes halogenated alkanes) is 1. The van der Waals surface area contributed by atoms with Crippen molar-refractivity contribution >= 4 is 143 Å². The number of hydrogen-bond acceptors (Lipinski definition) is 29. The maximum Gasteiger partial charge on any atom is 0.328 e. The summed E-state index contributed by atoms with van der Waals surface area (Å²) in [5.41, 5.74) is 11.2. The van der Waals surface area contributed by atoms with Crippen molar-refractivity contribution < 1.29 is 141 Å². The molecule has 50 nitrogen and oxygen atoms in total. The fraction of sp³-hybridized carbons (Fsp3) is 0.672. The monoisotopic (exact) mass is 1710 g/mol. The van der Waals surface area contributed by atoms with Gasteiger partial charge in [0.15, 0.2) is 6.04 Å². The molecule has 0 aromatic carbocycles. The number of aliphatic hydroxyl groups excluding tert-OH is 4. The lowest BCUT2D eigenvalue weighted by Crippen LogP contribution is -2.61. The molecule has 0 aromatic rings. The lowest BCUT2D eigenvalue weighted by atomic mass is 10.0. The van der Waals surface area contributed by atoms with Crippen LogP contribution in [-0.2, 0) is 105 Å². The summed E-state index contributed by atoms with van der Waals surface area (Å²) in [5, 5.41) is 108. The number of likely N-dealkylation sites (tertiary alicyclic amines) is 1. The minimum Gasteiger partial charge on any atom is -0.481 e. The van der Waals surface area contributed by atoms with Crippen LogP contribution < -0.4 is 107 Å². The van der Waals surface area contributed by atoms with Crippen molar-refractivity contribution in [3.8, 4) is 0 Å². The molecule has 0 radical (unpaired) electrons. The van der Waals surface area contributed by atoms with E-state index in [0.717, 1.165) is 18.7 Å². The van der Waals surface area contributed by atoms with Gasteiger partial charge in [0, 0.05) is 12.3 Å². The van der Waals surface area contributed by atoms with Gasteiger partial charge in [0.05, 0.1) is 84.1 Å². The van der Waals surface area contributed by atoms with Crippen LogP contribution in [0.5, 0.6) is 0 Å². The molecule has 1 fully saturated rings. The van der Waals surface area contributed by atoms with Gasteiger partial charge < -0.3 is 148 Å². The number of nitrogens with zero attached hydrogens (tertiary/aromatic N) is 1. The van der Waals surface area contributed by atoms with Crippen molar-refractivity contribution in [2.75, 3.05) is 77.9 Å². The van der Waals surface area contributed by atoms with Gasteiger partial charge in [-0.15, -0.1) is 0 Å². The van der Waals surface area contributed by atoms with Gasteiger partial charge in [-0.25, -0.2) is 4.79 Å². The van der Waals surface area contributed by atoms with Crippen LogP contribution in [0.4, 0.5) is 0 Å². The Labute approximate surface area is 680 Å². The molecule has 51 heteroatoms. The molecule has 19 amide bonds. The van der Waals surface area contributed by atoms with Crippen LogP contribution in [0.3, 0.4) is 0 Å². The summed E-state index contributed by atoms with van der Waals surface area (Å²) in [6, 6.07) is -22.1. The molecule has 29 N–H and O–H groups in total. The summed E-state index contributed by atoms with van der Waals surface area (Å²) < 4.78 is 0. The lowest BCUT2D eigenvalue weighted by Gasteiger charge is -2.30. The topological polar surface area (TPSA) is 789 Å². The first kappa shape index (κ1) is 104. The molecular formula is C67H111N21O29S. The third-order valence-electron chi connectivity index (χ3n) is 16.9. The van der Waals surface area contributed by atoms with Gasteiger partial charge in [-0.3, -0.25) is 101 Å². The molecule has 0 unspecified atom stereocenters. The zero-order valence-corrected chi connectivity index (χ0v) is 67.0. The van der Waals surface area contributed by atoms with E-state index >= 15 is 0 Å². The first-order valence-electron chi connectivity index (χ1n) is 37.0. The fourth-order valence-corrected chi connectivity index (χ4v) is 10.7. The number of carboxylic acids is 3. The summed E-state index contributed by atoms with van der Waals surface area (Å²) in [6.45, 7) is 3.39. The van der Waals surface area contributed by atoms with Gasteiger partial charge in [-0.05, 0) is 84.6 Å². The summed E-state index contributed by atoms with van der Waals surface area (Å²) in [7, 11) is 0. The van der Waals surface area contributed by atoms with E-state index in [4.69, 9.17) is 11.5 Å². The van der Waals surface area contributed by atoms with E-state index in [0.29, 0.717) is 0 Å². The highest BCUT2D eigenvalue weighted by atomic mass is 32.1. The largest absolute Gasteiger partial charge is 0.481 e. The fourth-order valence-electron chi connectivity index (χ4n) is 10.4. The third kappa shape index (κ3) is 38.9. The van der Waals surface area contributed by atoms with Crippen molar-refractivity contribution in [3.05, 3.63) is 0 Å². The maximum atomic E-state index is 14.0. The first-order valence-corrected chi connectivity index (χ1v) is 37.7. The van der Waals surface area contributed by atoms with Gasteiger partial charge >= 0.3 is 17.9 Å². The molecule has 664 valence electrons. The summed E-state index contributed by atoms with van der Waals surface area (Å²) in [6.07, 6.45) is -3.42. The van der Waals surface area contributed by atoms with Crippen molar-refractivity contribution in [1.82, 2.24) is 101 Å². The Kier molecular flexibility index (Phi) is 47.5. The number of nitrogens with one attached hydrogen (secondary N) is 18. The van der Waals surface area contributed by atoms with Gasteiger partial charge in [0.2, 0.25) is 112 Å². The number of carboxylic acid groups (broad SMARTS) is 3. The molecule has 1 saturated heterocycles. The summed E-state index contributed by atoms with van der Waals surface area (Å²) in [5.74, 6) is -25.6. The van der Waals surface area contributed by atoms with Gasteiger partial charge in [0.1, 0.15) is 72.5 Å². The Morgan fingerprint density at radius 2 is 0.788 bits per heavy atom. The minimum atomic E-state index is -1.96. The zero-order chi connectivity index (χ0) is 90.0. The molecule has 1 aliphatic heterocycles. The Morgan fingerprint density at radius 1 is 0.407 bits per heavy atom. The number of aliphatic carboxylic acids is 3. The molecule has 0 spiro atoms. The van der Waals surface area contributed by atoms with Crippen molar-refractivity contribution in [1.29, 1.82) is 0 Å². The maximum absolute atomic E-state index is 14.0. The first-order chi connectivity index (χ1) is 55.2. The van der Waals surface area contributed by atoms with Crippen LogP contribution >= 0.6 is 12.6 Å². The normalized spacial score (nSPS) is 15.8. The lowest BCUT2D eigenvalue weighted by molar-refractivity contribution is -0.146. The quantitative estimate of drug-likeness (QED) is 0.0199. The van der Waals surface area contributed by atoms with E-state index in [1.54, 1.807) is 13.8 Å². The van der Waals surface area contributed by atoms with Crippen LogP contribution in [-0.4, -0.2) is 339 Å². The van der Waals surface area contributed by atoms with E-state index in [2.05, 4.69) is 97.7 Å². The molecule has 0 bridgehead atoms. The molecule has 1 rings (SSSR count). The van der Waals surface area contributed by atoms with Crippen LogP contribution in [0.1, 0.15) is 107 Å². The Morgan fingerprint density at radius 3 is 1.19 bits per heavy atom. The summed E-state index contributed by atoms with van der Waals surface area (Å²) in [4.78, 5) is 284. The average molecular weight is 1710 g/mol. The Balaban J connectivity index is 2.82. The molecule has 1 aliphatic rings. The third-order valence-corrected chi connectivity index (χ3v) is 17.3. The predicted octanol–water partition coefficient (Wildman–Crippen LogP) is -15.0. The van der Waals surface area contributed by atoms with E-state index in [1.807, 2.05) is 10.6 Å². The van der Waals surface area contributed by atoms with Crippen molar-refractivity contribution in [2.24, 2.45) is 23.3 Å². The number of amides is 19. The molecule has 0 aromatic heterocycles. The molecule has 0 saturated carbocycles. The Bertz CT molecular complexity index is 3570. The standard InChI is InChI=1S/C67H111N21O29S/c1-29(2)16-36(80-54(103)31(5)69)59(108)84-40(26-90)63(112)77-33(7)56(105)85-42(28-118)57(106)75-23-48(97)73-21-46(95)71-19-44(93)70-20-45(94)72-22-47(96)74-24-49(98)78-41(27-91)66(115)88-15-11-13-43(88)64(113)82-38(18-51(101)102)60(109)86-52(30(3)4)65(114)79-35(12-9-10-14-68)58(107)83-39(25-89)62(111)76-32(6)55(104)81-37(17-50(99)100)61(110)87-53(34(8)92)67(116)117/h29-43,52-53,89-92,118H,9-28,68-69H2,1-8H3,(H,70,93)(H,71,95)(H,72,94)(H,73,97)(H,74,96)(H,75,106)(H,76,111)(H,77,112)(H,78,98)(H,79,114)(H,80,103)(H,81,104)(H,82,113)(H,83,107)(H,84,108)(H,85,105)(H,86,109)(H,87,110)(H,99,100)(H,101,102)(H,116,117)/t31-,32-,33-,34+,35-,36-,37-,38-,39-,40-,41-,42-,43-,52-,53-/m0/s1. The second kappa shape index (κ2) is 53.6. The van der Waals surface area contributed by atoms with Gasteiger partial charge in [-0.2, -0.15) is 12.6 Å². The number of carbonyl (C=O) groups is 22. The zero-order valence-electron chi connectivity index (χ0n) is 66.1. The number of hydrogen-bond donors (Lipinski definition) is 28. The van der Waals surface area contributed by atoms with Crippen LogP contribution in [0.25, 0.3) is 0 Å². The number of rotatable bonds is 54. The minimum absolute atomic E-state index is 0.0885. The highest BCUT2D eigenvalue weighted by Crippen LogP contribution is 2.20. The van der Waals surface area contributed by atoms with E-state index in [1.165, 1.54) is 27.7 Å². The van der Waals surface area contributed by atoms with Crippen LogP contribution in [0.2, 0.25) is 0 Å². The second-order valence-corrected chi connectivity index (χ2v) is 28.1. The average Bonchev–Trinajstić information content (AvgIpc) is 1.65. The van der Waals surface area contributed by atoms with E-state index in [9.17, 15) is 141 Å². The molecule has 0 aliphatic carbocycles. The molecular weight excluding hydrogens is 1590 g/mol. The predicted molar refractivity (Wildman–Crippen MR) is 407 cm³/mol. The van der Waals surface area contributed by atoms with Crippen molar-refractivity contribution in [2.45, 2.75) is 197 Å². The van der Waals surface area contributed by atoms with E-state index < -0.39 is 299 Å². The second-order valence-electron chi connectivity index (χ2n) is 27.7. The highest BCUT2D eigenvalue weighted by Gasteiger charge is 2.42. The van der Waals surface area contributed by atoms with Crippen LogP contribution in [0, 0.1) is 11.8 Å².